The smallest absolute Gasteiger partial charge is 0.416 e. The lowest BCUT2D eigenvalue weighted by Crippen LogP contribution is -2.10. The maximum absolute atomic E-state index is 12.7. The normalized spacial score (nSPS) is 11.3. The minimum Gasteiger partial charge on any atom is -0.497 e. The average molecular weight is 248 g/mol. The number of hydrogen-bond acceptors (Lipinski definition) is 2. The fourth-order valence-corrected chi connectivity index (χ4v) is 1.41. The van der Waals surface area contributed by atoms with Gasteiger partial charge >= 0.3 is 12.1 Å². The summed E-state index contributed by atoms with van der Waals surface area (Å²) in [6.07, 6.45) is -5.01. The number of ether oxygens (including phenoxy) is 1. The van der Waals surface area contributed by atoms with Crippen molar-refractivity contribution in [3.63, 3.8) is 0 Å². The van der Waals surface area contributed by atoms with Gasteiger partial charge in [-0.1, -0.05) is 6.07 Å². The summed E-state index contributed by atoms with van der Waals surface area (Å²) in [4.78, 5) is 10.4. The molecule has 1 N–H and O–H groups in total. The van der Waals surface area contributed by atoms with Crippen LogP contribution < -0.4 is 4.74 Å². The third kappa shape index (κ3) is 3.65. The number of alkyl halides is 3. The first kappa shape index (κ1) is 13.3. The van der Waals surface area contributed by atoms with Crippen LogP contribution in [0.3, 0.4) is 0 Å². The van der Waals surface area contributed by atoms with Crippen LogP contribution in [0.4, 0.5) is 13.2 Å². The lowest BCUT2D eigenvalue weighted by atomic mass is 10.0. The molecule has 1 aromatic carbocycles. The van der Waals surface area contributed by atoms with E-state index in [0.29, 0.717) is 0 Å². The molecule has 0 bridgehead atoms. The van der Waals surface area contributed by atoms with Crippen molar-refractivity contribution < 1.29 is 27.8 Å². The highest BCUT2D eigenvalue weighted by Gasteiger charge is 2.33. The fourth-order valence-electron chi connectivity index (χ4n) is 1.41. The van der Waals surface area contributed by atoms with Crippen molar-refractivity contribution in [1.29, 1.82) is 0 Å². The van der Waals surface area contributed by atoms with Gasteiger partial charge in [-0.05, 0) is 24.1 Å². The number of aliphatic carboxylic acids is 1. The van der Waals surface area contributed by atoms with E-state index in [0.717, 1.165) is 6.07 Å². The Bertz CT molecular complexity index is 413. The number of rotatable bonds is 4. The Balaban J connectivity index is 3.07. The highest BCUT2D eigenvalue weighted by atomic mass is 19.4. The summed E-state index contributed by atoms with van der Waals surface area (Å²) in [5, 5.41) is 8.46. The van der Waals surface area contributed by atoms with E-state index in [1.54, 1.807) is 0 Å². The molecule has 0 aromatic heterocycles. The summed E-state index contributed by atoms with van der Waals surface area (Å²) in [5.74, 6) is -1.04. The van der Waals surface area contributed by atoms with E-state index in [4.69, 9.17) is 9.84 Å². The minimum atomic E-state index is -4.51. The van der Waals surface area contributed by atoms with Crippen molar-refractivity contribution in [3.8, 4) is 5.75 Å². The molecular weight excluding hydrogens is 237 g/mol. The predicted octanol–water partition coefficient (Wildman–Crippen LogP) is 2.73. The van der Waals surface area contributed by atoms with Gasteiger partial charge in [-0.15, -0.1) is 0 Å². The largest absolute Gasteiger partial charge is 0.497 e. The van der Waals surface area contributed by atoms with Crippen LogP contribution in [0.2, 0.25) is 0 Å². The molecule has 17 heavy (non-hydrogen) atoms. The van der Waals surface area contributed by atoms with Gasteiger partial charge in [0.25, 0.3) is 0 Å². The van der Waals surface area contributed by atoms with Crippen molar-refractivity contribution in [2.24, 2.45) is 0 Å². The number of carbonyl (C=O) groups is 1. The molecule has 0 aliphatic heterocycles. The topological polar surface area (TPSA) is 46.5 Å². The van der Waals surface area contributed by atoms with E-state index in [1.165, 1.54) is 19.2 Å². The minimum absolute atomic E-state index is 0.0410. The molecule has 0 fully saturated rings. The first-order chi connectivity index (χ1) is 7.84. The van der Waals surface area contributed by atoms with Gasteiger partial charge in [0.15, 0.2) is 0 Å². The van der Waals surface area contributed by atoms with Crippen LogP contribution in [0.25, 0.3) is 0 Å². The molecule has 0 unspecified atom stereocenters. The van der Waals surface area contributed by atoms with E-state index < -0.39 is 17.7 Å². The molecule has 1 rings (SSSR count). The number of aryl methyl sites for hydroxylation is 1. The molecule has 0 aliphatic rings. The number of carboxylic acids is 1. The first-order valence-corrected chi connectivity index (χ1v) is 4.80. The molecular formula is C11H11F3O3. The van der Waals surface area contributed by atoms with E-state index >= 15 is 0 Å². The molecule has 0 heterocycles. The van der Waals surface area contributed by atoms with Gasteiger partial charge in [0, 0.05) is 6.42 Å². The lowest BCUT2D eigenvalue weighted by Gasteiger charge is -2.13. The number of benzene rings is 1. The van der Waals surface area contributed by atoms with Gasteiger partial charge in [-0.3, -0.25) is 4.79 Å². The number of hydrogen-bond donors (Lipinski definition) is 1. The summed E-state index contributed by atoms with van der Waals surface area (Å²) in [5.41, 5.74) is -0.890. The summed E-state index contributed by atoms with van der Waals surface area (Å²) in [7, 11) is 1.27. The van der Waals surface area contributed by atoms with Gasteiger partial charge < -0.3 is 9.84 Å². The van der Waals surface area contributed by atoms with Crippen LogP contribution in [-0.4, -0.2) is 18.2 Å². The van der Waals surface area contributed by atoms with Crippen LogP contribution in [0.5, 0.6) is 5.75 Å². The Kier molecular flexibility index (Phi) is 3.98. The van der Waals surface area contributed by atoms with Crippen molar-refractivity contribution in [2.75, 3.05) is 7.11 Å². The summed E-state index contributed by atoms with van der Waals surface area (Å²) >= 11 is 0. The quantitative estimate of drug-likeness (QED) is 0.891. The Morgan fingerprint density at radius 3 is 2.53 bits per heavy atom. The Labute approximate surface area is 95.8 Å². The van der Waals surface area contributed by atoms with Crippen LogP contribution in [0.1, 0.15) is 17.5 Å². The fraction of sp³-hybridized carbons (Fsp3) is 0.364. The molecule has 0 aliphatic carbocycles. The van der Waals surface area contributed by atoms with Gasteiger partial charge in [-0.2, -0.15) is 13.2 Å². The maximum Gasteiger partial charge on any atom is 0.416 e. The summed E-state index contributed by atoms with van der Waals surface area (Å²) < 4.78 is 42.8. The number of methoxy groups -OCH3 is 1. The zero-order valence-corrected chi connectivity index (χ0v) is 9.04. The highest BCUT2D eigenvalue weighted by Crippen LogP contribution is 2.34. The van der Waals surface area contributed by atoms with Crippen LogP contribution in [-0.2, 0) is 17.4 Å². The number of carboxylic acid groups (broad SMARTS) is 1. The molecule has 94 valence electrons. The van der Waals surface area contributed by atoms with Crippen molar-refractivity contribution in [3.05, 3.63) is 29.3 Å². The van der Waals surface area contributed by atoms with Crippen molar-refractivity contribution >= 4 is 5.97 Å². The Morgan fingerprint density at radius 2 is 2.06 bits per heavy atom. The van der Waals surface area contributed by atoms with Crippen LogP contribution in [0, 0.1) is 0 Å². The van der Waals surface area contributed by atoms with Crippen LogP contribution >= 0.6 is 0 Å². The number of halogens is 3. The van der Waals surface area contributed by atoms with E-state index in [9.17, 15) is 18.0 Å². The summed E-state index contributed by atoms with van der Waals surface area (Å²) in [6.45, 7) is 0. The second kappa shape index (κ2) is 5.07. The SMILES string of the molecule is COc1ccc(CCC(=O)O)c(C(F)(F)F)c1. The monoisotopic (exact) mass is 248 g/mol. The molecule has 0 atom stereocenters. The van der Waals surface area contributed by atoms with Gasteiger partial charge in [-0.25, -0.2) is 0 Å². The van der Waals surface area contributed by atoms with Gasteiger partial charge in [0.1, 0.15) is 5.75 Å². The Hall–Kier alpha value is -1.72. The third-order valence-corrected chi connectivity index (χ3v) is 2.23. The van der Waals surface area contributed by atoms with E-state index in [1.807, 2.05) is 0 Å². The highest BCUT2D eigenvalue weighted by molar-refractivity contribution is 5.67. The lowest BCUT2D eigenvalue weighted by molar-refractivity contribution is -0.140. The van der Waals surface area contributed by atoms with Crippen LogP contribution in [0.15, 0.2) is 18.2 Å². The average Bonchev–Trinajstić information content (AvgIpc) is 2.24. The molecule has 1 aromatic rings. The molecule has 3 nitrogen and oxygen atoms in total. The standard InChI is InChI=1S/C11H11F3O3/c1-17-8-4-2-7(3-5-10(15)16)9(6-8)11(12,13)14/h2,4,6H,3,5H2,1H3,(H,15,16). The molecule has 0 spiro atoms. The summed E-state index contributed by atoms with van der Waals surface area (Å²) in [6, 6.07) is 3.49. The van der Waals surface area contributed by atoms with E-state index in [-0.39, 0.29) is 24.2 Å². The molecule has 0 saturated carbocycles. The first-order valence-electron chi connectivity index (χ1n) is 4.80. The second-order valence-corrected chi connectivity index (χ2v) is 3.41. The van der Waals surface area contributed by atoms with Crippen molar-refractivity contribution in [1.82, 2.24) is 0 Å². The van der Waals surface area contributed by atoms with Gasteiger partial charge in [0.05, 0.1) is 12.7 Å². The molecule has 0 amide bonds. The molecule has 0 radical (unpaired) electrons. The third-order valence-electron chi connectivity index (χ3n) is 2.23. The Morgan fingerprint density at radius 1 is 1.41 bits per heavy atom. The molecule has 0 saturated heterocycles. The zero-order valence-electron chi connectivity index (χ0n) is 9.04. The van der Waals surface area contributed by atoms with Crippen molar-refractivity contribution in [2.45, 2.75) is 19.0 Å². The van der Waals surface area contributed by atoms with Gasteiger partial charge in [0.2, 0.25) is 0 Å². The second-order valence-electron chi connectivity index (χ2n) is 3.41. The predicted molar refractivity (Wildman–Crippen MR) is 54.0 cm³/mol. The van der Waals surface area contributed by atoms with E-state index in [2.05, 4.69) is 0 Å². The molecule has 6 heteroatoms. The zero-order chi connectivity index (χ0) is 13.1. The maximum atomic E-state index is 12.7.